The molecule has 0 spiro atoms. The van der Waals surface area contributed by atoms with Gasteiger partial charge in [-0.25, -0.2) is 4.39 Å². The van der Waals surface area contributed by atoms with Crippen molar-refractivity contribution in [1.82, 2.24) is 10.2 Å². The predicted octanol–water partition coefficient (Wildman–Crippen LogP) is 2.17. The van der Waals surface area contributed by atoms with Crippen molar-refractivity contribution in [2.75, 3.05) is 39.8 Å². The average molecular weight is 266 g/mol. The van der Waals surface area contributed by atoms with Crippen molar-refractivity contribution in [2.45, 2.75) is 19.5 Å². The van der Waals surface area contributed by atoms with Gasteiger partial charge in [0.05, 0.1) is 7.11 Å². The van der Waals surface area contributed by atoms with Crippen molar-refractivity contribution in [3.63, 3.8) is 0 Å². The molecule has 1 aromatic carbocycles. The lowest BCUT2D eigenvalue weighted by Gasteiger charge is -2.27. The van der Waals surface area contributed by atoms with Crippen molar-refractivity contribution >= 4 is 0 Å². The maximum Gasteiger partial charge on any atom is 0.123 e. The summed E-state index contributed by atoms with van der Waals surface area (Å²) in [5, 5.41) is 3.34. The highest BCUT2D eigenvalue weighted by Crippen LogP contribution is 2.29. The van der Waals surface area contributed by atoms with Gasteiger partial charge in [-0.15, -0.1) is 0 Å². The third-order valence-corrected chi connectivity index (χ3v) is 3.71. The van der Waals surface area contributed by atoms with Crippen LogP contribution < -0.4 is 10.1 Å². The standard InChI is InChI=1S/C15H23FN2O/c1-12(16)13-4-3-5-15(19-2)14(13)6-9-18-10-7-17-8-11-18/h3-5,12,17H,6-11H2,1-2H3. The van der Waals surface area contributed by atoms with Gasteiger partial charge >= 0.3 is 0 Å². The van der Waals surface area contributed by atoms with E-state index in [1.54, 1.807) is 14.0 Å². The van der Waals surface area contributed by atoms with Crippen LogP contribution in [0.5, 0.6) is 5.75 Å². The molecule has 0 aliphatic carbocycles. The Kier molecular flexibility index (Phi) is 5.16. The molecule has 0 bridgehead atoms. The summed E-state index contributed by atoms with van der Waals surface area (Å²) < 4.78 is 19.1. The molecule has 1 N–H and O–H groups in total. The van der Waals surface area contributed by atoms with E-state index in [-0.39, 0.29) is 0 Å². The minimum atomic E-state index is -0.951. The number of piperazine rings is 1. The summed E-state index contributed by atoms with van der Waals surface area (Å²) in [5.41, 5.74) is 1.77. The van der Waals surface area contributed by atoms with Gasteiger partial charge in [0.25, 0.3) is 0 Å². The molecule has 106 valence electrons. The van der Waals surface area contributed by atoms with Gasteiger partial charge in [-0.1, -0.05) is 12.1 Å². The zero-order valence-electron chi connectivity index (χ0n) is 11.8. The Hall–Kier alpha value is -1.13. The zero-order valence-corrected chi connectivity index (χ0v) is 11.8. The molecular formula is C15H23FN2O. The number of ether oxygens (including phenoxy) is 1. The summed E-state index contributed by atoms with van der Waals surface area (Å²) in [6.45, 7) is 6.76. The molecule has 1 heterocycles. The van der Waals surface area contributed by atoms with E-state index in [0.717, 1.165) is 56.0 Å². The molecule has 4 heteroatoms. The number of hydrogen-bond donors (Lipinski definition) is 1. The third-order valence-electron chi connectivity index (χ3n) is 3.71. The van der Waals surface area contributed by atoms with E-state index < -0.39 is 6.17 Å². The summed E-state index contributed by atoms with van der Waals surface area (Å²) in [6, 6.07) is 5.64. The molecule has 0 saturated carbocycles. The number of rotatable bonds is 5. The molecule has 1 atom stereocenters. The molecule has 1 aliphatic heterocycles. The fourth-order valence-electron chi connectivity index (χ4n) is 2.62. The van der Waals surface area contributed by atoms with Crippen LogP contribution >= 0.6 is 0 Å². The Bertz CT molecular complexity index is 403. The lowest BCUT2D eigenvalue weighted by Crippen LogP contribution is -2.44. The first kappa shape index (κ1) is 14.3. The van der Waals surface area contributed by atoms with E-state index in [9.17, 15) is 4.39 Å². The molecule has 1 aromatic rings. The van der Waals surface area contributed by atoms with Crippen LogP contribution in [0.3, 0.4) is 0 Å². The SMILES string of the molecule is COc1cccc(C(C)F)c1CCN1CCNCC1. The number of nitrogens with one attached hydrogen (secondary N) is 1. The second kappa shape index (κ2) is 6.87. The Balaban J connectivity index is 2.08. The van der Waals surface area contributed by atoms with Crippen molar-refractivity contribution < 1.29 is 9.13 Å². The molecule has 0 aromatic heterocycles. The summed E-state index contributed by atoms with van der Waals surface area (Å²) >= 11 is 0. The number of methoxy groups -OCH3 is 1. The molecule has 1 unspecified atom stereocenters. The number of benzene rings is 1. The quantitative estimate of drug-likeness (QED) is 0.884. The largest absolute Gasteiger partial charge is 0.496 e. The molecule has 0 amide bonds. The molecule has 19 heavy (non-hydrogen) atoms. The monoisotopic (exact) mass is 266 g/mol. The molecule has 1 aliphatic rings. The van der Waals surface area contributed by atoms with Gasteiger partial charge in [-0.2, -0.15) is 0 Å². The van der Waals surface area contributed by atoms with Crippen molar-refractivity contribution in [3.8, 4) is 5.75 Å². The van der Waals surface area contributed by atoms with Crippen LogP contribution in [0.2, 0.25) is 0 Å². The lowest BCUT2D eigenvalue weighted by atomic mass is 10.00. The highest BCUT2D eigenvalue weighted by Gasteiger charge is 2.16. The van der Waals surface area contributed by atoms with E-state index in [1.807, 2.05) is 18.2 Å². The number of nitrogens with zero attached hydrogens (tertiary/aromatic N) is 1. The van der Waals surface area contributed by atoms with Crippen molar-refractivity contribution in [2.24, 2.45) is 0 Å². The number of halogens is 1. The average Bonchev–Trinajstić information content (AvgIpc) is 2.45. The molecule has 0 radical (unpaired) electrons. The van der Waals surface area contributed by atoms with E-state index in [2.05, 4.69) is 10.2 Å². The summed E-state index contributed by atoms with van der Waals surface area (Å²) in [4.78, 5) is 2.41. The smallest absolute Gasteiger partial charge is 0.123 e. The third kappa shape index (κ3) is 3.67. The summed E-state index contributed by atoms with van der Waals surface area (Å²) in [5.74, 6) is 0.803. The molecule has 3 nitrogen and oxygen atoms in total. The maximum absolute atomic E-state index is 13.7. The lowest BCUT2D eigenvalue weighted by molar-refractivity contribution is 0.242. The fraction of sp³-hybridized carbons (Fsp3) is 0.600. The van der Waals surface area contributed by atoms with E-state index in [4.69, 9.17) is 4.74 Å². The molecule has 2 rings (SSSR count). The summed E-state index contributed by atoms with van der Waals surface area (Å²) in [7, 11) is 1.65. The van der Waals surface area contributed by atoms with Crippen LogP contribution in [0.4, 0.5) is 4.39 Å². The molecule has 1 fully saturated rings. The topological polar surface area (TPSA) is 24.5 Å². The van der Waals surface area contributed by atoms with E-state index in [1.165, 1.54) is 0 Å². The number of hydrogen-bond acceptors (Lipinski definition) is 3. The first-order chi connectivity index (χ1) is 9.22. The van der Waals surface area contributed by atoms with Crippen molar-refractivity contribution in [3.05, 3.63) is 29.3 Å². The van der Waals surface area contributed by atoms with Crippen LogP contribution in [0.1, 0.15) is 24.2 Å². The Morgan fingerprint density at radius 1 is 1.37 bits per heavy atom. The second-order valence-electron chi connectivity index (χ2n) is 4.99. The Morgan fingerprint density at radius 3 is 2.74 bits per heavy atom. The van der Waals surface area contributed by atoms with Crippen LogP contribution in [0.15, 0.2) is 18.2 Å². The van der Waals surface area contributed by atoms with Crippen LogP contribution in [-0.4, -0.2) is 44.7 Å². The van der Waals surface area contributed by atoms with Gasteiger partial charge in [-0.3, -0.25) is 0 Å². The number of alkyl halides is 1. The first-order valence-corrected chi connectivity index (χ1v) is 6.95. The molecular weight excluding hydrogens is 243 g/mol. The van der Waals surface area contributed by atoms with Crippen LogP contribution in [0, 0.1) is 0 Å². The van der Waals surface area contributed by atoms with Gasteiger partial charge in [0.15, 0.2) is 0 Å². The van der Waals surface area contributed by atoms with E-state index in [0.29, 0.717) is 0 Å². The minimum Gasteiger partial charge on any atom is -0.496 e. The minimum absolute atomic E-state index is 0.759. The molecule has 1 saturated heterocycles. The van der Waals surface area contributed by atoms with E-state index >= 15 is 0 Å². The highest BCUT2D eigenvalue weighted by molar-refractivity contribution is 5.41. The van der Waals surface area contributed by atoms with Crippen LogP contribution in [0.25, 0.3) is 0 Å². The van der Waals surface area contributed by atoms with Gasteiger partial charge in [-0.05, 0) is 25.0 Å². The van der Waals surface area contributed by atoms with Gasteiger partial charge in [0.2, 0.25) is 0 Å². The maximum atomic E-state index is 13.7. The van der Waals surface area contributed by atoms with Crippen molar-refractivity contribution in [1.29, 1.82) is 0 Å². The van der Waals surface area contributed by atoms with Gasteiger partial charge in [0.1, 0.15) is 11.9 Å². The Labute approximate surface area is 114 Å². The van der Waals surface area contributed by atoms with Gasteiger partial charge < -0.3 is 15.0 Å². The normalized spacial score (nSPS) is 18.3. The first-order valence-electron chi connectivity index (χ1n) is 6.95. The predicted molar refractivity (Wildman–Crippen MR) is 75.5 cm³/mol. The van der Waals surface area contributed by atoms with Gasteiger partial charge in [0, 0.05) is 38.3 Å². The second-order valence-corrected chi connectivity index (χ2v) is 4.99. The highest BCUT2D eigenvalue weighted by atomic mass is 19.1. The Morgan fingerprint density at radius 2 is 2.11 bits per heavy atom. The van der Waals surface area contributed by atoms with Crippen LogP contribution in [-0.2, 0) is 6.42 Å². The summed E-state index contributed by atoms with van der Waals surface area (Å²) in [6.07, 6.45) is -0.110. The fourth-order valence-corrected chi connectivity index (χ4v) is 2.62. The zero-order chi connectivity index (χ0) is 13.7.